The van der Waals surface area contributed by atoms with E-state index >= 15 is 0 Å². The Bertz CT molecular complexity index is 581. The second-order valence-corrected chi connectivity index (χ2v) is 5.34. The fraction of sp³-hybridized carbons (Fsp3) is 0.200. The van der Waals surface area contributed by atoms with E-state index in [0.29, 0.717) is 0 Å². The van der Waals surface area contributed by atoms with Crippen LogP contribution in [0.3, 0.4) is 0 Å². The second-order valence-electron chi connectivity index (χ2n) is 4.49. The summed E-state index contributed by atoms with van der Waals surface area (Å²) in [4.78, 5) is 0. The van der Waals surface area contributed by atoms with Gasteiger partial charge in [0.2, 0.25) is 0 Å². The molecule has 0 aromatic heterocycles. The maximum Gasteiger partial charge on any atom is 0.123 e. The first kappa shape index (κ1) is 13.2. The van der Waals surface area contributed by atoms with Gasteiger partial charge in [0.15, 0.2) is 0 Å². The fourth-order valence-corrected chi connectivity index (χ4v) is 2.33. The van der Waals surface area contributed by atoms with Crippen LogP contribution in [0.15, 0.2) is 40.9 Å². The first-order chi connectivity index (χ1) is 8.49. The largest absolute Gasteiger partial charge is 0.320 e. The average Bonchev–Trinajstić information content (AvgIpc) is 2.35. The summed E-state index contributed by atoms with van der Waals surface area (Å²) in [5.41, 5.74) is 10.2. The molecule has 1 unspecified atom stereocenters. The molecule has 3 heteroatoms. The van der Waals surface area contributed by atoms with Crippen LogP contribution in [0.25, 0.3) is 0 Å². The molecule has 18 heavy (non-hydrogen) atoms. The van der Waals surface area contributed by atoms with Crippen LogP contribution < -0.4 is 5.73 Å². The van der Waals surface area contributed by atoms with Crippen LogP contribution in [0.1, 0.15) is 28.3 Å². The van der Waals surface area contributed by atoms with Crippen molar-refractivity contribution in [1.82, 2.24) is 0 Å². The first-order valence-corrected chi connectivity index (χ1v) is 6.56. The molecule has 0 aliphatic carbocycles. The summed E-state index contributed by atoms with van der Waals surface area (Å²) in [5, 5.41) is 0. The predicted octanol–water partition coefficient (Wildman–Crippen LogP) is 4.25. The van der Waals surface area contributed by atoms with E-state index in [9.17, 15) is 4.39 Å². The molecular weight excluding hydrogens is 293 g/mol. The summed E-state index contributed by atoms with van der Waals surface area (Å²) in [5.74, 6) is -0.253. The van der Waals surface area contributed by atoms with Crippen LogP contribution >= 0.6 is 15.9 Å². The molecular formula is C15H15BrFN. The Kier molecular flexibility index (Phi) is 3.83. The number of aryl methyl sites for hydroxylation is 2. The molecule has 2 aromatic rings. The highest BCUT2D eigenvalue weighted by Crippen LogP contribution is 2.27. The van der Waals surface area contributed by atoms with Gasteiger partial charge in [0.25, 0.3) is 0 Å². The summed E-state index contributed by atoms with van der Waals surface area (Å²) in [6.07, 6.45) is 0. The Morgan fingerprint density at radius 3 is 2.39 bits per heavy atom. The highest BCUT2D eigenvalue weighted by molar-refractivity contribution is 9.10. The van der Waals surface area contributed by atoms with Crippen LogP contribution in [0.4, 0.5) is 4.39 Å². The van der Waals surface area contributed by atoms with Crippen molar-refractivity contribution in [2.24, 2.45) is 5.73 Å². The minimum atomic E-state index is -0.308. The lowest BCUT2D eigenvalue weighted by Gasteiger charge is -2.16. The minimum Gasteiger partial charge on any atom is -0.320 e. The topological polar surface area (TPSA) is 26.0 Å². The van der Waals surface area contributed by atoms with E-state index in [4.69, 9.17) is 5.73 Å². The second kappa shape index (κ2) is 5.21. The number of halogens is 2. The van der Waals surface area contributed by atoms with Crippen molar-refractivity contribution in [2.45, 2.75) is 19.9 Å². The van der Waals surface area contributed by atoms with Crippen molar-refractivity contribution in [3.8, 4) is 0 Å². The van der Waals surface area contributed by atoms with Crippen LogP contribution in [0.5, 0.6) is 0 Å². The fourth-order valence-electron chi connectivity index (χ4n) is 1.93. The van der Waals surface area contributed by atoms with Crippen molar-refractivity contribution < 1.29 is 4.39 Å². The lowest BCUT2D eigenvalue weighted by molar-refractivity contribution is 0.622. The average molecular weight is 308 g/mol. The van der Waals surface area contributed by atoms with Gasteiger partial charge in [-0.05, 0) is 54.3 Å². The van der Waals surface area contributed by atoms with Gasteiger partial charge in [-0.1, -0.05) is 34.1 Å². The maximum atomic E-state index is 13.3. The van der Waals surface area contributed by atoms with Gasteiger partial charge in [-0.15, -0.1) is 0 Å². The molecule has 0 fully saturated rings. The monoisotopic (exact) mass is 307 g/mol. The highest BCUT2D eigenvalue weighted by atomic mass is 79.9. The molecule has 94 valence electrons. The highest BCUT2D eigenvalue weighted by Gasteiger charge is 2.13. The summed E-state index contributed by atoms with van der Waals surface area (Å²) in [7, 11) is 0. The zero-order chi connectivity index (χ0) is 13.3. The van der Waals surface area contributed by atoms with Gasteiger partial charge >= 0.3 is 0 Å². The third-order valence-corrected chi connectivity index (χ3v) is 3.99. The van der Waals surface area contributed by atoms with E-state index in [-0.39, 0.29) is 11.9 Å². The molecule has 0 spiro atoms. The Hall–Kier alpha value is -1.19. The summed E-state index contributed by atoms with van der Waals surface area (Å²) >= 11 is 3.49. The SMILES string of the molecule is Cc1ccc(C(N)c2cc(F)ccc2C)cc1Br. The zero-order valence-corrected chi connectivity index (χ0v) is 12.0. The first-order valence-electron chi connectivity index (χ1n) is 5.76. The summed E-state index contributed by atoms with van der Waals surface area (Å²) < 4.78 is 14.3. The molecule has 1 atom stereocenters. The van der Waals surface area contributed by atoms with Crippen molar-refractivity contribution in [1.29, 1.82) is 0 Å². The molecule has 1 nitrogen and oxygen atoms in total. The van der Waals surface area contributed by atoms with Crippen molar-refractivity contribution >= 4 is 15.9 Å². The van der Waals surface area contributed by atoms with Gasteiger partial charge in [0, 0.05) is 4.47 Å². The number of nitrogens with two attached hydrogens (primary N) is 1. The van der Waals surface area contributed by atoms with E-state index in [1.54, 1.807) is 6.07 Å². The van der Waals surface area contributed by atoms with E-state index < -0.39 is 0 Å². The Morgan fingerprint density at radius 1 is 1.06 bits per heavy atom. The predicted molar refractivity (Wildman–Crippen MR) is 76.0 cm³/mol. The molecule has 0 radical (unpaired) electrons. The summed E-state index contributed by atoms with van der Waals surface area (Å²) in [6, 6.07) is 10.4. The molecule has 0 bridgehead atoms. The van der Waals surface area contributed by atoms with E-state index in [1.165, 1.54) is 12.1 Å². The molecule has 0 saturated carbocycles. The van der Waals surface area contributed by atoms with Gasteiger partial charge in [0.1, 0.15) is 5.82 Å². The van der Waals surface area contributed by atoms with Crippen molar-refractivity contribution in [3.05, 3.63) is 68.9 Å². The molecule has 2 rings (SSSR count). The van der Waals surface area contributed by atoms with Gasteiger partial charge in [0.05, 0.1) is 6.04 Å². The van der Waals surface area contributed by atoms with E-state index in [2.05, 4.69) is 15.9 Å². The standard InChI is InChI=1S/C15H15BrFN/c1-9-4-6-12(17)8-13(9)15(18)11-5-3-10(2)14(16)7-11/h3-8,15H,18H2,1-2H3. The third kappa shape index (κ3) is 2.62. The molecule has 0 amide bonds. The lowest BCUT2D eigenvalue weighted by atomic mass is 9.95. The van der Waals surface area contributed by atoms with Crippen LogP contribution in [0, 0.1) is 19.7 Å². The summed E-state index contributed by atoms with van der Waals surface area (Å²) in [6.45, 7) is 3.96. The third-order valence-electron chi connectivity index (χ3n) is 3.13. The van der Waals surface area contributed by atoms with Gasteiger partial charge < -0.3 is 5.73 Å². The zero-order valence-electron chi connectivity index (χ0n) is 10.4. The number of benzene rings is 2. The smallest absolute Gasteiger partial charge is 0.123 e. The van der Waals surface area contributed by atoms with Crippen molar-refractivity contribution in [2.75, 3.05) is 0 Å². The Labute approximate surface area is 115 Å². The van der Waals surface area contributed by atoms with Gasteiger partial charge in [-0.3, -0.25) is 0 Å². The minimum absolute atomic E-state index is 0.253. The molecule has 0 saturated heterocycles. The number of hydrogen-bond donors (Lipinski definition) is 1. The lowest BCUT2D eigenvalue weighted by Crippen LogP contribution is -2.13. The molecule has 0 aliphatic rings. The molecule has 2 N–H and O–H groups in total. The maximum absolute atomic E-state index is 13.3. The molecule has 0 aliphatic heterocycles. The van der Waals surface area contributed by atoms with Crippen LogP contribution in [-0.4, -0.2) is 0 Å². The van der Waals surface area contributed by atoms with Gasteiger partial charge in [-0.2, -0.15) is 0 Å². The normalized spacial score (nSPS) is 12.5. The van der Waals surface area contributed by atoms with Crippen LogP contribution in [-0.2, 0) is 0 Å². The van der Waals surface area contributed by atoms with E-state index in [0.717, 1.165) is 26.7 Å². The molecule has 2 aromatic carbocycles. The van der Waals surface area contributed by atoms with Crippen molar-refractivity contribution in [3.63, 3.8) is 0 Å². The van der Waals surface area contributed by atoms with Crippen LogP contribution in [0.2, 0.25) is 0 Å². The van der Waals surface area contributed by atoms with E-state index in [1.807, 2.05) is 32.0 Å². The Balaban J connectivity index is 2.44. The number of rotatable bonds is 2. The van der Waals surface area contributed by atoms with Gasteiger partial charge in [-0.25, -0.2) is 4.39 Å². The Morgan fingerprint density at radius 2 is 1.72 bits per heavy atom. The quantitative estimate of drug-likeness (QED) is 0.881. The number of hydrogen-bond acceptors (Lipinski definition) is 1. The molecule has 0 heterocycles.